The van der Waals surface area contributed by atoms with Gasteiger partial charge in [-0.15, -0.1) is 0 Å². The van der Waals surface area contributed by atoms with Crippen molar-refractivity contribution in [1.29, 1.82) is 0 Å². The van der Waals surface area contributed by atoms with E-state index in [2.05, 4.69) is 72.8 Å². The highest BCUT2D eigenvalue weighted by Gasteiger charge is 2.24. The summed E-state index contributed by atoms with van der Waals surface area (Å²) in [6, 6.07) is 27.0. The van der Waals surface area contributed by atoms with Gasteiger partial charge in [-0.1, -0.05) is 66.4 Å². The highest BCUT2D eigenvalue weighted by atomic mass is 32.2. The van der Waals surface area contributed by atoms with Crippen molar-refractivity contribution in [3.05, 3.63) is 83.9 Å². The smallest absolute Gasteiger partial charge is 0.0207 e. The SMILES string of the molecule is c1ccc2c(c1)Cc1cc3c(cc1-2)-c1cccc2cccc(c12)S3. The van der Waals surface area contributed by atoms with Crippen molar-refractivity contribution in [2.45, 2.75) is 16.2 Å². The Morgan fingerprint density at radius 1 is 0.583 bits per heavy atom. The largest absolute Gasteiger partial charge is 0.0888 e. The lowest BCUT2D eigenvalue weighted by Crippen LogP contribution is -1.94. The Labute approximate surface area is 145 Å². The van der Waals surface area contributed by atoms with Gasteiger partial charge in [0.15, 0.2) is 0 Å². The van der Waals surface area contributed by atoms with Crippen LogP contribution in [0.15, 0.2) is 82.6 Å². The van der Waals surface area contributed by atoms with E-state index in [1.807, 2.05) is 11.8 Å². The Bertz CT molecular complexity index is 1150. The highest BCUT2D eigenvalue weighted by molar-refractivity contribution is 7.99. The quantitative estimate of drug-likeness (QED) is 0.306. The maximum Gasteiger partial charge on any atom is 0.0207 e. The topological polar surface area (TPSA) is 0 Å². The van der Waals surface area contributed by atoms with Crippen LogP contribution in [0.4, 0.5) is 0 Å². The Hall–Kier alpha value is -2.51. The van der Waals surface area contributed by atoms with E-state index in [1.165, 1.54) is 53.9 Å². The molecule has 0 aromatic heterocycles. The van der Waals surface area contributed by atoms with Crippen molar-refractivity contribution in [3.8, 4) is 22.3 Å². The molecule has 0 bridgehead atoms. The first-order valence-electron chi connectivity index (χ1n) is 8.34. The van der Waals surface area contributed by atoms with Gasteiger partial charge >= 0.3 is 0 Å². The van der Waals surface area contributed by atoms with Crippen LogP contribution < -0.4 is 0 Å². The second kappa shape index (κ2) is 4.52. The number of rotatable bonds is 0. The lowest BCUT2D eigenvalue weighted by molar-refractivity contribution is 1.23. The summed E-state index contributed by atoms with van der Waals surface area (Å²) in [6.07, 6.45) is 1.06. The van der Waals surface area contributed by atoms with E-state index in [0.717, 1.165) is 6.42 Å². The van der Waals surface area contributed by atoms with Gasteiger partial charge in [-0.3, -0.25) is 0 Å². The molecule has 4 aromatic rings. The molecule has 0 amide bonds. The van der Waals surface area contributed by atoms with Crippen molar-refractivity contribution in [3.63, 3.8) is 0 Å². The normalized spacial score (nSPS) is 13.5. The fourth-order valence-corrected chi connectivity index (χ4v) is 5.38. The second-order valence-corrected chi connectivity index (χ2v) is 7.69. The third-order valence-electron chi connectivity index (χ3n) is 5.27. The van der Waals surface area contributed by atoms with Crippen LogP contribution in [0, 0.1) is 0 Å². The predicted molar refractivity (Wildman–Crippen MR) is 102 cm³/mol. The van der Waals surface area contributed by atoms with Crippen LogP contribution in [-0.4, -0.2) is 0 Å². The number of hydrogen-bond donors (Lipinski definition) is 0. The molecule has 2 aliphatic rings. The summed E-state index contributed by atoms with van der Waals surface area (Å²) in [5, 5.41) is 2.74. The first kappa shape index (κ1) is 12.9. The summed E-state index contributed by atoms with van der Waals surface area (Å²) in [5.74, 6) is 0. The van der Waals surface area contributed by atoms with Gasteiger partial charge < -0.3 is 0 Å². The van der Waals surface area contributed by atoms with Crippen LogP contribution >= 0.6 is 11.8 Å². The molecule has 0 nitrogen and oxygen atoms in total. The van der Waals surface area contributed by atoms with Crippen molar-refractivity contribution in [1.82, 2.24) is 0 Å². The van der Waals surface area contributed by atoms with Gasteiger partial charge in [-0.05, 0) is 63.4 Å². The van der Waals surface area contributed by atoms with Gasteiger partial charge in [-0.25, -0.2) is 0 Å². The van der Waals surface area contributed by atoms with Crippen molar-refractivity contribution < 1.29 is 0 Å². The van der Waals surface area contributed by atoms with Gasteiger partial charge in [-0.2, -0.15) is 0 Å². The lowest BCUT2D eigenvalue weighted by atomic mass is 9.94. The third-order valence-corrected chi connectivity index (χ3v) is 6.39. The highest BCUT2D eigenvalue weighted by Crippen LogP contribution is 2.51. The van der Waals surface area contributed by atoms with E-state index in [1.54, 1.807) is 0 Å². The minimum atomic E-state index is 1.06. The fourth-order valence-electron chi connectivity index (χ4n) is 4.19. The maximum absolute atomic E-state index is 2.42. The average molecular weight is 322 g/mol. The molecule has 4 aromatic carbocycles. The zero-order chi connectivity index (χ0) is 15.7. The van der Waals surface area contributed by atoms with Gasteiger partial charge in [0.25, 0.3) is 0 Å². The molecule has 0 saturated carbocycles. The minimum absolute atomic E-state index is 1.06. The summed E-state index contributed by atoms with van der Waals surface area (Å²) in [6.45, 7) is 0. The minimum Gasteiger partial charge on any atom is -0.0888 e. The monoisotopic (exact) mass is 322 g/mol. The first-order chi connectivity index (χ1) is 11.9. The first-order valence-corrected chi connectivity index (χ1v) is 9.15. The van der Waals surface area contributed by atoms with E-state index >= 15 is 0 Å². The molecule has 1 heteroatoms. The van der Waals surface area contributed by atoms with E-state index in [-0.39, 0.29) is 0 Å². The summed E-state index contributed by atoms with van der Waals surface area (Å²) < 4.78 is 0. The number of fused-ring (bicyclic) bond motifs is 5. The molecule has 0 fully saturated rings. The van der Waals surface area contributed by atoms with Crippen LogP contribution in [0.1, 0.15) is 11.1 Å². The number of hydrogen-bond acceptors (Lipinski definition) is 1. The fraction of sp³-hybridized carbons (Fsp3) is 0.0435. The Balaban J connectivity index is 1.69. The molecule has 6 rings (SSSR count). The summed E-state index contributed by atoms with van der Waals surface area (Å²) >= 11 is 1.92. The molecular formula is C23H14S. The van der Waals surface area contributed by atoms with Crippen LogP contribution in [0.5, 0.6) is 0 Å². The van der Waals surface area contributed by atoms with E-state index in [0.29, 0.717) is 0 Å². The van der Waals surface area contributed by atoms with Crippen LogP contribution in [0.2, 0.25) is 0 Å². The Morgan fingerprint density at radius 3 is 2.38 bits per heavy atom. The molecule has 24 heavy (non-hydrogen) atoms. The molecule has 0 unspecified atom stereocenters. The van der Waals surface area contributed by atoms with Crippen molar-refractivity contribution in [2.24, 2.45) is 0 Å². The second-order valence-electron chi connectivity index (χ2n) is 6.60. The Kier molecular flexibility index (Phi) is 2.42. The molecule has 1 aliphatic heterocycles. The summed E-state index contributed by atoms with van der Waals surface area (Å²) in [7, 11) is 0. The standard InChI is InChI=1S/C23H14S/c1-2-8-17-15(5-1)11-16-12-22-20(13-19(16)17)18-9-3-6-14-7-4-10-21(24-22)23(14)18/h1-10,12-13H,11H2. The van der Waals surface area contributed by atoms with E-state index < -0.39 is 0 Å². The molecular weight excluding hydrogens is 308 g/mol. The number of benzene rings is 4. The summed E-state index contributed by atoms with van der Waals surface area (Å²) in [5.41, 5.74) is 8.51. The van der Waals surface area contributed by atoms with Crippen LogP contribution in [0.3, 0.4) is 0 Å². The van der Waals surface area contributed by atoms with Gasteiger partial charge in [0.1, 0.15) is 0 Å². The van der Waals surface area contributed by atoms with Crippen LogP contribution in [-0.2, 0) is 6.42 Å². The van der Waals surface area contributed by atoms with Gasteiger partial charge in [0, 0.05) is 15.2 Å². The molecule has 0 spiro atoms. The predicted octanol–water partition coefficient (Wildman–Crippen LogP) is 6.54. The molecule has 112 valence electrons. The zero-order valence-corrected chi connectivity index (χ0v) is 13.9. The van der Waals surface area contributed by atoms with Gasteiger partial charge in [0.2, 0.25) is 0 Å². The summed E-state index contributed by atoms with van der Waals surface area (Å²) in [4.78, 5) is 2.78. The lowest BCUT2D eigenvalue weighted by Gasteiger charge is -2.21. The maximum atomic E-state index is 2.42. The molecule has 1 aliphatic carbocycles. The molecule has 0 saturated heterocycles. The Morgan fingerprint density at radius 2 is 1.42 bits per heavy atom. The van der Waals surface area contributed by atoms with E-state index in [4.69, 9.17) is 0 Å². The van der Waals surface area contributed by atoms with E-state index in [9.17, 15) is 0 Å². The molecule has 0 atom stereocenters. The van der Waals surface area contributed by atoms with Crippen molar-refractivity contribution in [2.75, 3.05) is 0 Å². The van der Waals surface area contributed by atoms with Crippen molar-refractivity contribution >= 4 is 22.5 Å². The average Bonchev–Trinajstić information content (AvgIpc) is 2.98. The third kappa shape index (κ3) is 1.60. The molecule has 0 N–H and O–H groups in total. The van der Waals surface area contributed by atoms with Gasteiger partial charge in [0.05, 0.1) is 0 Å². The molecule has 1 heterocycles. The molecule has 0 radical (unpaired) electrons. The zero-order valence-electron chi connectivity index (χ0n) is 13.0. The van der Waals surface area contributed by atoms with Crippen LogP contribution in [0.25, 0.3) is 33.0 Å².